The van der Waals surface area contributed by atoms with Crippen LogP contribution in [-0.4, -0.2) is 16.9 Å². The Hall–Kier alpha value is -2.95. The van der Waals surface area contributed by atoms with Crippen LogP contribution in [0.25, 0.3) is 5.57 Å². The van der Waals surface area contributed by atoms with Crippen molar-refractivity contribution in [1.29, 1.82) is 0 Å². The third-order valence-corrected chi connectivity index (χ3v) is 3.11. The number of rotatable bonds is 5. The first-order chi connectivity index (χ1) is 11.0. The van der Waals surface area contributed by atoms with Gasteiger partial charge in [-0.05, 0) is 41.8 Å². The van der Waals surface area contributed by atoms with Crippen molar-refractivity contribution in [2.24, 2.45) is 0 Å². The number of hydrogen-bond donors (Lipinski definition) is 1. The molecule has 5 nitrogen and oxygen atoms in total. The summed E-state index contributed by atoms with van der Waals surface area (Å²) in [6.45, 7) is 3.64. The highest BCUT2D eigenvalue weighted by Crippen LogP contribution is 2.18. The predicted octanol–water partition coefficient (Wildman–Crippen LogP) is 2.73. The summed E-state index contributed by atoms with van der Waals surface area (Å²) in [7, 11) is 0. The average Bonchev–Trinajstić information content (AvgIpc) is 2.54. The van der Waals surface area contributed by atoms with Crippen molar-refractivity contribution in [3.8, 4) is 5.75 Å². The molecule has 0 atom stereocenters. The number of nitrogens with one attached hydrogen (secondary N) is 1. The molecule has 1 aromatic heterocycles. The molecule has 1 N–H and O–H groups in total. The molecule has 2 rings (SSSR count). The first-order valence-corrected chi connectivity index (χ1v) is 7.18. The summed E-state index contributed by atoms with van der Waals surface area (Å²) in [5.74, 6) is -0.0507. The van der Waals surface area contributed by atoms with Crippen LogP contribution in [0, 0.1) is 0 Å². The van der Waals surface area contributed by atoms with Gasteiger partial charge in [0.05, 0.1) is 0 Å². The van der Waals surface area contributed by atoms with Gasteiger partial charge in [-0.15, -0.1) is 0 Å². The van der Waals surface area contributed by atoms with Gasteiger partial charge in [0.15, 0.2) is 0 Å². The quantitative estimate of drug-likeness (QED) is 0.524. The number of amides is 1. The van der Waals surface area contributed by atoms with E-state index in [0.29, 0.717) is 12.3 Å². The Balaban J connectivity index is 1.95. The van der Waals surface area contributed by atoms with Crippen LogP contribution in [0.5, 0.6) is 5.75 Å². The van der Waals surface area contributed by atoms with Crippen molar-refractivity contribution in [1.82, 2.24) is 10.3 Å². The van der Waals surface area contributed by atoms with E-state index in [0.717, 1.165) is 16.7 Å². The third kappa shape index (κ3) is 5.39. The Bertz CT molecular complexity index is 707. The molecule has 0 aliphatic carbocycles. The predicted molar refractivity (Wildman–Crippen MR) is 87.5 cm³/mol. The van der Waals surface area contributed by atoms with Gasteiger partial charge in [-0.3, -0.25) is 14.6 Å². The van der Waals surface area contributed by atoms with Crippen molar-refractivity contribution in [3.05, 3.63) is 66.0 Å². The molecule has 2 aromatic rings. The lowest BCUT2D eigenvalue weighted by molar-refractivity contribution is -0.131. The molecule has 0 spiro atoms. The number of esters is 1. The highest BCUT2D eigenvalue weighted by atomic mass is 16.5. The molecule has 0 bridgehead atoms. The SMILES string of the molecule is CC(=O)Oc1ccc(/C(C)=C\C(=O)NCc2cccnc2)cc1. The van der Waals surface area contributed by atoms with Gasteiger partial charge < -0.3 is 10.1 Å². The van der Waals surface area contributed by atoms with E-state index < -0.39 is 0 Å². The molecule has 0 saturated heterocycles. The fourth-order valence-electron chi connectivity index (χ4n) is 1.97. The molecule has 0 saturated carbocycles. The summed E-state index contributed by atoms with van der Waals surface area (Å²) < 4.78 is 4.97. The molecule has 0 aliphatic rings. The second-order valence-electron chi connectivity index (χ2n) is 5.02. The van der Waals surface area contributed by atoms with Gasteiger partial charge in [0.1, 0.15) is 5.75 Å². The van der Waals surface area contributed by atoms with E-state index in [1.807, 2.05) is 19.1 Å². The minimum atomic E-state index is -0.361. The lowest BCUT2D eigenvalue weighted by Crippen LogP contribution is -2.20. The van der Waals surface area contributed by atoms with E-state index in [4.69, 9.17) is 4.74 Å². The summed E-state index contributed by atoms with van der Waals surface area (Å²) in [4.78, 5) is 26.8. The third-order valence-electron chi connectivity index (χ3n) is 3.11. The van der Waals surface area contributed by atoms with Gasteiger partial charge in [0.25, 0.3) is 0 Å². The van der Waals surface area contributed by atoms with E-state index in [2.05, 4.69) is 10.3 Å². The Morgan fingerprint density at radius 1 is 1.17 bits per heavy atom. The van der Waals surface area contributed by atoms with Gasteiger partial charge >= 0.3 is 5.97 Å². The van der Waals surface area contributed by atoms with Crippen molar-refractivity contribution in [2.75, 3.05) is 0 Å². The van der Waals surface area contributed by atoms with Crippen molar-refractivity contribution < 1.29 is 14.3 Å². The number of allylic oxidation sites excluding steroid dienone is 1. The zero-order valence-corrected chi connectivity index (χ0v) is 13.1. The van der Waals surface area contributed by atoms with Crippen LogP contribution in [0.3, 0.4) is 0 Å². The number of pyridine rings is 1. The molecule has 0 fully saturated rings. The van der Waals surface area contributed by atoms with E-state index in [1.165, 1.54) is 13.0 Å². The molecule has 118 valence electrons. The second kappa shape index (κ2) is 7.89. The second-order valence-corrected chi connectivity index (χ2v) is 5.02. The largest absolute Gasteiger partial charge is 0.427 e. The highest BCUT2D eigenvalue weighted by Gasteiger charge is 2.03. The van der Waals surface area contributed by atoms with E-state index in [9.17, 15) is 9.59 Å². The number of aromatic nitrogens is 1. The number of carbonyl (C=O) groups is 2. The Morgan fingerprint density at radius 2 is 1.91 bits per heavy atom. The number of ether oxygens (including phenoxy) is 1. The molecule has 1 heterocycles. The van der Waals surface area contributed by atoms with E-state index in [-0.39, 0.29) is 11.9 Å². The molecular weight excluding hydrogens is 292 g/mol. The van der Waals surface area contributed by atoms with Crippen molar-refractivity contribution in [3.63, 3.8) is 0 Å². The van der Waals surface area contributed by atoms with E-state index >= 15 is 0 Å². The van der Waals surface area contributed by atoms with Gasteiger partial charge in [0, 0.05) is 31.9 Å². The smallest absolute Gasteiger partial charge is 0.308 e. The molecule has 5 heteroatoms. The topological polar surface area (TPSA) is 68.3 Å². The fraction of sp³-hybridized carbons (Fsp3) is 0.167. The maximum Gasteiger partial charge on any atom is 0.308 e. The number of carbonyl (C=O) groups excluding carboxylic acids is 2. The zero-order valence-electron chi connectivity index (χ0n) is 13.1. The first-order valence-electron chi connectivity index (χ1n) is 7.18. The van der Waals surface area contributed by atoms with Crippen LogP contribution in [0.1, 0.15) is 25.0 Å². The first kappa shape index (κ1) is 16.4. The molecule has 1 amide bonds. The van der Waals surface area contributed by atoms with Crippen LogP contribution in [0.15, 0.2) is 54.9 Å². The highest BCUT2D eigenvalue weighted by molar-refractivity contribution is 5.94. The molecule has 0 unspecified atom stereocenters. The van der Waals surface area contributed by atoms with E-state index in [1.54, 1.807) is 36.7 Å². The number of benzene rings is 1. The van der Waals surface area contributed by atoms with Gasteiger partial charge in [-0.25, -0.2) is 0 Å². The summed E-state index contributed by atoms with van der Waals surface area (Å²) >= 11 is 0. The van der Waals surface area contributed by atoms with Crippen LogP contribution in [0.2, 0.25) is 0 Å². The van der Waals surface area contributed by atoms with Crippen LogP contribution >= 0.6 is 0 Å². The Morgan fingerprint density at radius 3 is 2.52 bits per heavy atom. The normalized spacial score (nSPS) is 11.0. The van der Waals surface area contributed by atoms with Gasteiger partial charge in [0.2, 0.25) is 5.91 Å². The summed E-state index contributed by atoms with van der Waals surface area (Å²) in [5, 5.41) is 2.81. The number of nitrogens with zero attached hydrogens (tertiary/aromatic N) is 1. The standard InChI is InChI=1S/C18H18N2O3/c1-13(16-5-7-17(8-6-16)23-14(2)21)10-18(22)20-12-15-4-3-9-19-11-15/h3-11H,12H2,1-2H3,(H,20,22)/b13-10-. The Kier molecular flexibility index (Phi) is 5.63. The monoisotopic (exact) mass is 310 g/mol. The minimum absolute atomic E-state index is 0.171. The lowest BCUT2D eigenvalue weighted by Gasteiger charge is -2.06. The maximum atomic E-state index is 11.9. The average molecular weight is 310 g/mol. The molecule has 0 aliphatic heterocycles. The summed E-state index contributed by atoms with van der Waals surface area (Å²) in [5.41, 5.74) is 2.65. The Labute approximate surface area is 135 Å². The fourth-order valence-corrected chi connectivity index (χ4v) is 1.97. The molecule has 1 aromatic carbocycles. The van der Waals surface area contributed by atoms with Crippen LogP contribution < -0.4 is 10.1 Å². The molecule has 0 radical (unpaired) electrons. The van der Waals surface area contributed by atoms with Crippen LogP contribution in [0.4, 0.5) is 0 Å². The summed E-state index contributed by atoms with van der Waals surface area (Å²) in [6, 6.07) is 10.7. The van der Waals surface area contributed by atoms with Crippen molar-refractivity contribution in [2.45, 2.75) is 20.4 Å². The number of hydrogen-bond acceptors (Lipinski definition) is 4. The molecular formula is C18H18N2O3. The van der Waals surface area contributed by atoms with Gasteiger partial charge in [-0.1, -0.05) is 18.2 Å². The lowest BCUT2D eigenvalue weighted by atomic mass is 10.1. The summed E-state index contributed by atoms with van der Waals surface area (Å²) in [6.07, 6.45) is 4.94. The zero-order chi connectivity index (χ0) is 16.7. The van der Waals surface area contributed by atoms with Gasteiger partial charge in [-0.2, -0.15) is 0 Å². The van der Waals surface area contributed by atoms with Crippen LogP contribution in [-0.2, 0) is 16.1 Å². The molecule has 23 heavy (non-hydrogen) atoms. The minimum Gasteiger partial charge on any atom is -0.427 e. The maximum absolute atomic E-state index is 11.9. The van der Waals surface area contributed by atoms with Crippen molar-refractivity contribution >= 4 is 17.4 Å².